The summed E-state index contributed by atoms with van der Waals surface area (Å²) >= 11 is 0. The highest BCUT2D eigenvalue weighted by Crippen LogP contribution is 2.33. The molecule has 0 spiro atoms. The zero-order chi connectivity index (χ0) is 15.7. The number of nitrogens with zero attached hydrogens (tertiary/aromatic N) is 2. The van der Waals surface area contributed by atoms with Crippen molar-refractivity contribution in [3.05, 3.63) is 24.3 Å². The van der Waals surface area contributed by atoms with E-state index in [9.17, 15) is 9.59 Å². The predicted molar refractivity (Wildman–Crippen MR) is 90.2 cm³/mol. The molecule has 2 aliphatic rings. The van der Waals surface area contributed by atoms with Gasteiger partial charge in [0, 0.05) is 25.7 Å². The molecule has 7 heteroatoms. The van der Waals surface area contributed by atoms with E-state index in [-0.39, 0.29) is 36.8 Å². The van der Waals surface area contributed by atoms with Crippen LogP contribution in [0.15, 0.2) is 24.3 Å². The van der Waals surface area contributed by atoms with Crippen molar-refractivity contribution in [1.82, 2.24) is 10.2 Å². The van der Waals surface area contributed by atoms with Crippen molar-refractivity contribution in [2.45, 2.75) is 26.0 Å². The van der Waals surface area contributed by atoms with Crippen LogP contribution in [0.1, 0.15) is 13.8 Å². The summed E-state index contributed by atoms with van der Waals surface area (Å²) in [6, 6.07) is 7.48. The second-order valence-corrected chi connectivity index (χ2v) is 5.79. The molecule has 2 amide bonds. The first-order chi connectivity index (χ1) is 10.6. The Morgan fingerprint density at radius 2 is 2.09 bits per heavy atom. The lowest BCUT2D eigenvalue weighted by Gasteiger charge is -2.37. The first-order valence-corrected chi connectivity index (χ1v) is 7.65. The molecule has 1 saturated heterocycles. The molecule has 2 atom stereocenters. The molecular weight excluding hydrogens is 318 g/mol. The number of halogens is 1. The Morgan fingerprint density at radius 3 is 2.83 bits per heavy atom. The average Bonchev–Trinajstić information content (AvgIpc) is 2.52. The van der Waals surface area contributed by atoms with Gasteiger partial charge in [-0.1, -0.05) is 12.1 Å². The van der Waals surface area contributed by atoms with Gasteiger partial charge in [-0.05, 0) is 26.0 Å². The monoisotopic (exact) mass is 339 g/mol. The van der Waals surface area contributed by atoms with Crippen LogP contribution in [0, 0.1) is 0 Å². The molecule has 2 aliphatic heterocycles. The van der Waals surface area contributed by atoms with Gasteiger partial charge in [-0.15, -0.1) is 12.4 Å². The van der Waals surface area contributed by atoms with Crippen molar-refractivity contribution in [3.8, 4) is 5.75 Å². The molecular formula is C16H22ClN3O3. The van der Waals surface area contributed by atoms with Crippen LogP contribution in [-0.4, -0.2) is 55.0 Å². The summed E-state index contributed by atoms with van der Waals surface area (Å²) in [5.74, 6) is 0.455. The average molecular weight is 340 g/mol. The van der Waals surface area contributed by atoms with Gasteiger partial charge in [-0.25, -0.2) is 0 Å². The number of nitrogens with one attached hydrogen (secondary N) is 1. The molecule has 6 nitrogen and oxygen atoms in total. The number of rotatable bonds is 2. The molecule has 1 unspecified atom stereocenters. The number of carbonyl (C=O) groups excluding carboxylic acids is 2. The number of hydrogen-bond acceptors (Lipinski definition) is 4. The van der Waals surface area contributed by atoms with E-state index < -0.39 is 6.10 Å². The van der Waals surface area contributed by atoms with Crippen LogP contribution in [-0.2, 0) is 9.59 Å². The second kappa shape index (κ2) is 7.19. The standard InChI is InChI=1S/C16H21N3O3.ClH/c1-11-9-17-7-8-18(11)15(20)10-19-13-5-3-4-6-14(13)22-12(2)16(19)21;/h3-6,11-12,17H,7-10H2,1-2H3;1H/t11-,12?;/m0./s1. The minimum atomic E-state index is -0.567. The first kappa shape index (κ1) is 17.6. The van der Waals surface area contributed by atoms with Crippen LogP contribution in [0.2, 0.25) is 0 Å². The number of fused-ring (bicyclic) bond motifs is 1. The Labute approximate surface area is 142 Å². The number of para-hydroxylation sites is 2. The normalized spacial score (nSPS) is 23.7. The summed E-state index contributed by atoms with van der Waals surface area (Å²) in [7, 11) is 0. The van der Waals surface area contributed by atoms with Crippen molar-refractivity contribution in [1.29, 1.82) is 0 Å². The number of ether oxygens (including phenoxy) is 1. The lowest BCUT2D eigenvalue weighted by molar-refractivity contribution is -0.135. The number of anilines is 1. The van der Waals surface area contributed by atoms with Crippen LogP contribution in [0.25, 0.3) is 0 Å². The van der Waals surface area contributed by atoms with Crippen molar-refractivity contribution in [2.75, 3.05) is 31.1 Å². The second-order valence-electron chi connectivity index (χ2n) is 5.79. The minimum absolute atomic E-state index is 0. The van der Waals surface area contributed by atoms with Crippen molar-refractivity contribution < 1.29 is 14.3 Å². The Morgan fingerprint density at radius 1 is 1.35 bits per heavy atom. The molecule has 126 valence electrons. The highest BCUT2D eigenvalue weighted by atomic mass is 35.5. The molecule has 1 N–H and O–H groups in total. The van der Waals surface area contributed by atoms with Crippen LogP contribution in [0.4, 0.5) is 5.69 Å². The fraction of sp³-hybridized carbons (Fsp3) is 0.500. The van der Waals surface area contributed by atoms with Gasteiger partial charge in [0.25, 0.3) is 5.91 Å². The molecule has 1 fully saturated rings. The Kier molecular flexibility index (Phi) is 5.49. The van der Waals surface area contributed by atoms with Gasteiger partial charge in [0.05, 0.1) is 5.69 Å². The molecule has 0 radical (unpaired) electrons. The number of hydrogen-bond donors (Lipinski definition) is 1. The van der Waals surface area contributed by atoms with Gasteiger partial charge >= 0.3 is 0 Å². The molecule has 23 heavy (non-hydrogen) atoms. The minimum Gasteiger partial charge on any atom is -0.479 e. The molecule has 0 aromatic heterocycles. The van der Waals surface area contributed by atoms with E-state index in [2.05, 4.69) is 5.32 Å². The number of carbonyl (C=O) groups is 2. The quantitative estimate of drug-likeness (QED) is 0.874. The van der Waals surface area contributed by atoms with E-state index in [1.54, 1.807) is 11.8 Å². The van der Waals surface area contributed by atoms with Gasteiger partial charge in [-0.3, -0.25) is 14.5 Å². The van der Waals surface area contributed by atoms with E-state index in [4.69, 9.17) is 4.74 Å². The van der Waals surface area contributed by atoms with Gasteiger partial charge < -0.3 is 15.0 Å². The highest BCUT2D eigenvalue weighted by Gasteiger charge is 2.34. The van der Waals surface area contributed by atoms with E-state index in [1.165, 1.54) is 0 Å². The van der Waals surface area contributed by atoms with Crippen LogP contribution in [0.5, 0.6) is 5.75 Å². The van der Waals surface area contributed by atoms with E-state index in [0.29, 0.717) is 18.0 Å². The third-order valence-corrected chi connectivity index (χ3v) is 4.19. The largest absolute Gasteiger partial charge is 0.479 e. The van der Waals surface area contributed by atoms with Crippen LogP contribution >= 0.6 is 12.4 Å². The van der Waals surface area contributed by atoms with E-state index in [0.717, 1.165) is 13.1 Å². The Bertz CT molecular complexity index is 596. The highest BCUT2D eigenvalue weighted by molar-refractivity contribution is 6.03. The summed E-state index contributed by atoms with van der Waals surface area (Å²) in [5.41, 5.74) is 0.668. The van der Waals surface area contributed by atoms with Crippen molar-refractivity contribution in [2.24, 2.45) is 0 Å². The molecule has 2 heterocycles. The fourth-order valence-corrected chi connectivity index (χ4v) is 2.96. The summed E-state index contributed by atoms with van der Waals surface area (Å²) in [6.45, 7) is 6.05. The summed E-state index contributed by atoms with van der Waals surface area (Å²) in [5, 5.41) is 3.26. The van der Waals surface area contributed by atoms with Gasteiger partial charge in [0.1, 0.15) is 12.3 Å². The van der Waals surface area contributed by atoms with Gasteiger partial charge in [0.2, 0.25) is 5.91 Å². The number of amides is 2. The molecule has 0 aliphatic carbocycles. The Balaban J connectivity index is 0.00000192. The maximum absolute atomic E-state index is 12.6. The lowest BCUT2D eigenvalue weighted by atomic mass is 10.1. The zero-order valence-electron chi connectivity index (χ0n) is 13.3. The maximum atomic E-state index is 12.6. The number of benzene rings is 1. The van der Waals surface area contributed by atoms with E-state index in [1.807, 2.05) is 36.1 Å². The van der Waals surface area contributed by atoms with Gasteiger partial charge in [0.15, 0.2) is 6.10 Å². The number of piperazine rings is 1. The zero-order valence-corrected chi connectivity index (χ0v) is 14.1. The van der Waals surface area contributed by atoms with Crippen LogP contribution in [0.3, 0.4) is 0 Å². The summed E-state index contributed by atoms with van der Waals surface area (Å²) in [4.78, 5) is 28.4. The van der Waals surface area contributed by atoms with Crippen molar-refractivity contribution in [3.63, 3.8) is 0 Å². The molecule has 0 bridgehead atoms. The first-order valence-electron chi connectivity index (χ1n) is 7.65. The Hall–Kier alpha value is -1.79. The summed E-state index contributed by atoms with van der Waals surface area (Å²) in [6.07, 6.45) is -0.567. The third kappa shape index (κ3) is 3.43. The maximum Gasteiger partial charge on any atom is 0.268 e. The van der Waals surface area contributed by atoms with Crippen LogP contribution < -0.4 is 15.0 Å². The lowest BCUT2D eigenvalue weighted by Crippen LogP contribution is -2.56. The van der Waals surface area contributed by atoms with Crippen molar-refractivity contribution >= 4 is 29.9 Å². The van der Waals surface area contributed by atoms with Gasteiger partial charge in [-0.2, -0.15) is 0 Å². The third-order valence-electron chi connectivity index (χ3n) is 4.19. The molecule has 1 aromatic rings. The molecule has 0 saturated carbocycles. The molecule has 3 rings (SSSR count). The molecule has 1 aromatic carbocycles. The topological polar surface area (TPSA) is 61.9 Å². The fourth-order valence-electron chi connectivity index (χ4n) is 2.96. The van der Waals surface area contributed by atoms with E-state index >= 15 is 0 Å². The summed E-state index contributed by atoms with van der Waals surface area (Å²) < 4.78 is 5.60. The predicted octanol–water partition coefficient (Wildman–Crippen LogP) is 1.04. The smallest absolute Gasteiger partial charge is 0.268 e. The SMILES string of the molecule is CC1Oc2ccccc2N(CC(=O)N2CCNC[C@@H]2C)C1=O.Cl.